The largest absolute Gasteiger partial charge is 1.00 e. The number of H-pyrrole nitrogens is 1. The second-order valence-corrected chi connectivity index (χ2v) is 4.95. The summed E-state index contributed by atoms with van der Waals surface area (Å²) in [6.07, 6.45) is 1.92. The first-order valence-electron chi connectivity index (χ1n) is 4.04. The highest BCUT2D eigenvalue weighted by molar-refractivity contribution is 8.01. The molecule has 0 saturated carbocycles. The van der Waals surface area contributed by atoms with Gasteiger partial charge in [-0.05, 0) is 17.8 Å². The Hall–Kier alpha value is -0.320. The molecule has 14 heavy (non-hydrogen) atoms. The first-order chi connectivity index (χ1) is 6.40. The molecule has 1 N–H and O–H groups in total. The molecule has 0 saturated heterocycles. The summed E-state index contributed by atoms with van der Waals surface area (Å²) < 4.78 is 2.56. The van der Waals surface area contributed by atoms with Crippen LogP contribution < -0.4 is 22.0 Å². The van der Waals surface area contributed by atoms with E-state index in [0.717, 1.165) is 5.75 Å². The third kappa shape index (κ3) is 2.59. The van der Waals surface area contributed by atoms with Crippen LogP contribution in [0.15, 0.2) is 41.3 Å². The van der Waals surface area contributed by atoms with Crippen LogP contribution in [0, 0.1) is 0 Å². The average molecular weight is 288 g/mol. The highest BCUT2D eigenvalue weighted by atomic mass is 79.9. The monoisotopic (exact) mass is 287 g/mol. The number of hydrogen-bond acceptors (Lipinski definition) is 2. The maximum atomic E-state index is 3.70. The van der Waals surface area contributed by atoms with E-state index in [-0.39, 0.29) is 17.0 Å². The molecule has 0 bridgehead atoms. The number of para-hydroxylation sites is 1. The molecule has 0 unspecified atom stereocenters. The van der Waals surface area contributed by atoms with Crippen molar-refractivity contribution in [3.63, 3.8) is 0 Å². The number of rotatable bonds is 3. The van der Waals surface area contributed by atoms with Crippen LogP contribution in [0.5, 0.6) is 0 Å². The number of nitrogens with one attached hydrogen (secondary N) is 1. The van der Waals surface area contributed by atoms with Gasteiger partial charge in [0.05, 0.1) is 0 Å². The van der Waals surface area contributed by atoms with Crippen LogP contribution in [-0.2, 0) is 0 Å². The van der Waals surface area contributed by atoms with E-state index in [0.29, 0.717) is 0 Å². The van der Waals surface area contributed by atoms with Crippen molar-refractivity contribution >= 4 is 33.3 Å². The maximum Gasteiger partial charge on any atom is 0.297 e. The van der Waals surface area contributed by atoms with Crippen LogP contribution >= 0.6 is 23.1 Å². The molecule has 0 radical (unpaired) electrons. The molecule has 4 heteroatoms. The molecule has 0 fully saturated rings. The summed E-state index contributed by atoms with van der Waals surface area (Å²) in [7, 11) is 0. The summed E-state index contributed by atoms with van der Waals surface area (Å²) in [5, 5.41) is 0. The Kier molecular flexibility index (Phi) is 4.65. The number of aromatic amines is 1. The second kappa shape index (κ2) is 5.53. The molecule has 1 aromatic carbocycles. The van der Waals surface area contributed by atoms with E-state index < -0.39 is 0 Å². The molecule has 1 heterocycles. The molecule has 0 aliphatic rings. The number of thiazole rings is 1. The second-order valence-electron chi connectivity index (χ2n) is 2.61. The van der Waals surface area contributed by atoms with E-state index in [1.807, 2.05) is 12.1 Å². The number of fused-ring (bicyclic) bond motifs is 1. The van der Waals surface area contributed by atoms with Gasteiger partial charge in [0.2, 0.25) is 5.52 Å². The first-order valence-corrected chi connectivity index (χ1v) is 5.85. The van der Waals surface area contributed by atoms with Gasteiger partial charge in [-0.3, -0.25) is 0 Å². The minimum absolute atomic E-state index is 0. The highest BCUT2D eigenvalue weighted by Crippen LogP contribution is 2.25. The van der Waals surface area contributed by atoms with Crippen LogP contribution in [-0.4, -0.2) is 5.75 Å². The minimum Gasteiger partial charge on any atom is -1.00 e. The number of aromatic nitrogens is 1. The standard InChI is InChI=1S/C10H9NS2.BrH/c1-2-7-12-10-11-8-5-3-4-6-9(8)13-10;/h2-6H,1,7H2;1H. The van der Waals surface area contributed by atoms with Crippen molar-refractivity contribution in [3.05, 3.63) is 36.9 Å². The number of thioether (sulfide) groups is 1. The molecular formula is C10H10BrNS2. The molecule has 2 rings (SSSR count). The summed E-state index contributed by atoms with van der Waals surface area (Å²) in [4.78, 5) is 3.36. The first kappa shape index (κ1) is 11.8. The van der Waals surface area contributed by atoms with Gasteiger partial charge in [-0.15, -0.1) is 6.58 Å². The Morgan fingerprint density at radius 2 is 2.21 bits per heavy atom. The van der Waals surface area contributed by atoms with E-state index >= 15 is 0 Å². The summed E-state index contributed by atoms with van der Waals surface area (Å²) in [5.74, 6) is 0.962. The topological polar surface area (TPSA) is 14.1 Å². The number of benzene rings is 1. The predicted octanol–water partition coefficient (Wildman–Crippen LogP) is -0.00250. The zero-order valence-corrected chi connectivity index (χ0v) is 10.7. The summed E-state index contributed by atoms with van der Waals surface area (Å²) in [6.45, 7) is 3.70. The molecule has 2 aromatic rings. The molecule has 1 nitrogen and oxygen atoms in total. The number of halogens is 1. The predicted molar refractivity (Wildman–Crippen MR) is 59.3 cm³/mol. The van der Waals surface area contributed by atoms with Gasteiger partial charge in [0.25, 0.3) is 4.34 Å². The molecule has 0 aliphatic carbocycles. The maximum absolute atomic E-state index is 3.70. The third-order valence-corrected chi connectivity index (χ3v) is 3.89. The van der Waals surface area contributed by atoms with Crippen LogP contribution in [0.3, 0.4) is 0 Å². The normalized spacial score (nSPS) is 9.71. The van der Waals surface area contributed by atoms with Gasteiger partial charge in [0.15, 0.2) is 0 Å². The van der Waals surface area contributed by atoms with Gasteiger partial charge < -0.3 is 17.0 Å². The fraction of sp³-hybridized carbons (Fsp3) is 0.100. The molecule has 0 amide bonds. The Balaban J connectivity index is 0.000000980. The Morgan fingerprint density at radius 3 is 2.93 bits per heavy atom. The van der Waals surface area contributed by atoms with Crippen LogP contribution in [0.1, 0.15) is 0 Å². The van der Waals surface area contributed by atoms with Crippen molar-refractivity contribution < 1.29 is 22.0 Å². The number of hydrogen-bond donors (Lipinski definition) is 0. The third-order valence-electron chi connectivity index (χ3n) is 1.66. The molecule has 0 spiro atoms. The molecule has 0 atom stereocenters. The lowest BCUT2D eigenvalue weighted by molar-refractivity contribution is -0.385. The average Bonchev–Trinajstić information content (AvgIpc) is 2.57. The fourth-order valence-corrected chi connectivity index (χ4v) is 2.99. The molecule has 1 aromatic heterocycles. The van der Waals surface area contributed by atoms with E-state index in [1.54, 1.807) is 23.1 Å². The van der Waals surface area contributed by atoms with Crippen molar-refractivity contribution in [1.82, 2.24) is 0 Å². The lowest BCUT2D eigenvalue weighted by atomic mass is 10.3. The van der Waals surface area contributed by atoms with Gasteiger partial charge in [0, 0.05) is 11.8 Å². The summed E-state index contributed by atoms with van der Waals surface area (Å²) in [5.41, 5.74) is 1.22. The van der Waals surface area contributed by atoms with Gasteiger partial charge >= 0.3 is 0 Å². The molecule has 74 valence electrons. The van der Waals surface area contributed by atoms with Crippen molar-refractivity contribution in [2.75, 3.05) is 5.75 Å². The van der Waals surface area contributed by atoms with Crippen molar-refractivity contribution in [1.29, 1.82) is 0 Å². The summed E-state index contributed by atoms with van der Waals surface area (Å²) >= 11 is 3.59. The van der Waals surface area contributed by atoms with Gasteiger partial charge in [-0.1, -0.05) is 29.5 Å². The lowest BCUT2D eigenvalue weighted by Crippen LogP contribution is -3.00. The Bertz CT molecular complexity index is 392. The molecule has 0 aliphatic heterocycles. The fourth-order valence-electron chi connectivity index (χ4n) is 1.09. The van der Waals surface area contributed by atoms with E-state index in [1.165, 1.54) is 14.6 Å². The smallest absolute Gasteiger partial charge is 0.297 e. The highest BCUT2D eigenvalue weighted by Gasteiger charge is 2.08. The zero-order valence-electron chi connectivity index (χ0n) is 7.50. The quantitative estimate of drug-likeness (QED) is 0.573. The zero-order chi connectivity index (χ0) is 9.10. The van der Waals surface area contributed by atoms with E-state index in [2.05, 4.69) is 29.8 Å². The minimum atomic E-state index is 0. The Morgan fingerprint density at radius 1 is 1.43 bits per heavy atom. The van der Waals surface area contributed by atoms with E-state index in [4.69, 9.17) is 0 Å². The van der Waals surface area contributed by atoms with Gasteiger partial charge in [-0.25, -0.2) is 0 Å². The van der Waals surface area contributed by atoms with Crippen LogP contribution in [0.25, 0.3) is 10.2 Å². The van der Waals surface area contributed by atoms with Crippen molar-refractivity contribution in [3.8, 4) is 0 Å². The SMILES string of the molecule is C=CCSc1[nH+]c2ccccc2s1.[Br-]. The lowest BCUT2D eigenvalue weighted by Gasteiger charge is -1.80. The van der Waals surface area contributed by atoms with Gasteiger partial charge in [0.1, 0.15) is 4.70 Å². The van der Waals surface area contributed by atoms with Gasteiger partial charge in [-0.2, -0.15) is 4.98 Å². The van der Waals surface area contributed by atoms with Crippen LogP contribution in [0.4, 0.5) is 0 Å². The van der Waals surface area contributed by atoms with Crippen molar-refractivity contribution in [2.24, 2.45) is 0 Å². The van der Waals surface area contributed by atoms with Crippen molar-refractivity contribution in [2.45, 2.75) is 4.34 Å². The van der Waals surface area contributed by atoms with E-state index in [9.17, 15) is 0 Å². The molecular weight excluding hydrogens is 278 g/mol. The Labute approximate surface area is 102 Å². The van der Waals surface area contributed by atoms with Crippen LogP contribution in [0.2, 0.25) is 0 Å². The summed E-state index contributed by atoms with van der Waals surface area (Å²) in [6, 6.07) is 8.35.